The van der Waals surface area contributed by atoms with Crippen molar-refractivity contribution in [1.29, 1.82) is 0 Å². The molecule has 0 fully saturated rings. The van der Waals surface area contributed by atoms with Crippen LogP contribution in [0.3, 0.4) is 0 Å². The maximum atomic E-state index is 13.6. The molecular formula is C32H47N9O10. The minimum atomic E-state index is -1.62. The van der Waals surface area contributed by atoms with Gasteiger partial charge in [0, 0.05) is 36.7 Å². The molecule has 0 aliphatic heterocycles. The average Bonchev–Trinajstić information content (AvgIpc) is 3.47. The molecule has 0 saturated carbocycles. The number of nitrogens with two attached hydrogens (primary N) is 2. The topological polar surface area (TPSA) is 317 Å². The molecule has 19 nitrogen and oxygen atoms in total. The number of amides is 7. The molecule has 2 aromatic rings. The predicted octanol–water partition coefficient (Wildman–Crippen LogP) is -3.38. The average molecular weight is 718 g/mol. The number of primary amides is 1. The zero-order valence-corrected chi connectivity index (χ0v) is 28.6. The number of fused-ring (bicyclic) bond motifs is 1. The Kier molecular flexibility index (Phi) is 16.5. The number of benzene rings is 1. The number of aliphatic carboxylic acids is 1. The van der Waals surface area contributed by atoms with Crippen molar-refractivity contribution in [1.82, 2.24) is 36.9 Å². The number of para-hydroxylation sites is 1. The number of nitrogens with one attached hydrogen (secondary N) is 7. The second-order valence-corrected chi connectivity index (χ2v) is 12.2. The number of carboxylic acids is 1. The highest BCUT2D eigenvalue weighted by Crippen LogP contribution is 2.19. The summed E-state index contributed by atoms with van der Waals surface area (Å²) in [6.45, 7) is 4.31. The zero-order valence-electron chi connectivity index (χ0n) is 28.6. The number of hydrogen-bond acceptors (Lipinski definition) is 10. The highest BCUT2D eigenvalue weighted by Gasteiger charge is 2.32. The van der Waals surface area contributed by atoms with E-state index in [1.807, 2.05) is 0 Å². The van der Waals surface area contributed by atoms with Gasteiger partial charge in [0.05, 0.1) is 25.4 Å². The van der Waals surface area contributed by atoms with Crippen LogP contribution in [0.1, 0.15) is 45.6 Å². The van der Waals surface area contributed by atoms with Crippen molar-refractivity contribution in [3.8, 4) is 0 Å². The lowest BCUT2D eigenvalue weighted by molar-refractivity contribution is -0.140. The van der Waals surface area contributed by atoms with Crippen molar-refractivity contribution in [2.75, 3.05) is 19.7 Å². The summed E-state index contributed by atoms with van der Waals surface area (Å²) in [6, 6.07) is 0.187. The largest absolute Gasteiger partial charge is 0.481 e. The minimum Gasteiger partial charge on any atom is -0.481 e. The Balaban J connectivity index is 2.17. The Hall–Kier alpha value is -5.56. The van der Waals surface area contributed by atoms with Gasteiger partial charge in [-0.25, -0.2) is 0 Å². The van der Waals surface area contributed by atoms with E-state index in [4.69, 9.17) is 21.7 Å². The molecule has 2 rings (SSSR count). The first-order valence-electron chi connectivity index (χ1n) is 16.2. The Labute approximate surface area is 293 Å². The first-order valence-corrected chi connectivity index (χ1v) is 16.2. The van der Waals surface area contributed by atoms with Gasteiger partial charge in [0.25, 0.3) is 0 Å². The van der Waals surface area contributed by atoms with Crippen molar-refractivity contribution < 1.29 is 48.6 Å². The zero-order chi connectivity index (χ0) is 38.2. The summed E-state index contributed by atoms with van der Waals surface area (Å²) >= 11 is 0. The second kappa shape index (κ2) is 20.2. The molecular weight excluding hydrogens is 670 g/mol. The first kappa shape index (κ1) is 41.6. The third kappa shape index (κ3) is 13.7. The highest BCUT2D eigenvalue weighted by molar-refractivity contribution is 5.98. The van der Waals surface area contributed by atoms with Crippen LogP contribution >= 0.6 is 0 Å². The fourth-order valence-corrected chi connectivity index (χ4v) is 4.81. The van der Waals surface area contributed by atoms with Gasteiger partial charge < -0.3 is 58.6 Å². The van der Waals surface area contributed by atoms with E-state index in [1.54, 1.807) is 44.3 Å². The smallest absolute Gasteiger partial charge is 0.305 e. The fourth-order valence-electron chi connectivity index (χ4n) is 4.81. The molecule has 0 spiro atoms. The maximum Gasteiger partial charge on any atom is 0.305 e. The quantitative estimate of drug-likeness (QED) is 0.0566. The van der Waals surface area contributed by atoms with E-state index < -0.39 is 96.3 Å². The summed E-state index contributed by atoms with van der Waals surface area (Å²) in [5, 5.41) is 33.2. The van der Waals surface area contributed by atoms with Crippen LogP contribution in [0.4, 0.5) is 0 Å². The fraction of sp³-hybridized carbons (Fsp3) is 0.500. The van der Waals surface area contributed by atoms with Crippen LogP contribution in [0.25, 0.3) is 10.9 Å². The summed E-state index contributed by atoms with van der Waals surface area (Å²) in [6.07, 6.45) is 0.397. The highest BCUT2D eigenvalue weighted by atomic mass is 16.4. The van der Waals surface area contributed by atoms with Crippen molar-refractivity contribution in [3.05, 3.63) is 36.0 Å². The van der Waals surface area contributed by atoms with Crippen molar-refractivity contribution in [2.45, 2.75) is 76.7 Å². The van der Waals surface area contributed by atoms with Gasteiger partial charge in [-0.3, -0.25) is 38.4 Å². The van der Waals surface area contributed by atoms with Crippen LogP contribution in [-0.2, 0) is 44.8 Å². The van der Waals surface area contributed by atoms with Crippen LogP contribution < -0.4 is 43.4 Å². The predicted molar refractivity (Wildman–Crippen MR) is 182 cm³/mol. The molecule has 0 aliphatic carbocycles. The molecule has 13 N–H and O–H groups in total. The summed E-state index contributed by atoms with van der Waals surface area (Å²) in [7, 11) is 0. The van der Waals surface area contributed by atoms with Gasteiger partial charge in [0.1, 0.15) is 24.2 Å². The number of carboxylic acid groups (broad SMARTS) is 1. The van der Waals surface area contributed by atoms with Gasteiger partial charge >= 0.3 is 5.97 Å². The van der Waals surface area contributed by atoms with Gasteiger partial charge in [-0.15, -0.1) is 0 Å². The summed E-state index contributed by atoms with van der Waals surface area (Å²) in [4.78, 5) is 103. The Morgan fingerprint density at radius 2 is 1.45 bits per heavy atom. The van der Waals surface area contributed by atoms with Gasteiger partial charge in [-0.05, 0) is 30.9 Å². The third-order valence-corrected chi connectivity index (χ3v) is 7.58. The van der Waals surface area contributed by atoms with Crippen molar-refractivity contribution in [2.24, 2.45) is 17.4 Å². The summed E-state index contributed by atoms with van der Waals surface area (Å²) < 4.78 is 0. The third-order valence-electron chi connectivity index (χ3n) is 7.58. The van der Waals surface area contributed by atoms with Crippen LogP contribution in [0.2, 0.25) is 0 Å². The van der Waals surface area contributed by atoms with Gasteiger partial charge in [0.2, 0.25) is 41.4 Å². The molecule has 19 heteroatoms. The molecule has 1 aromatic carbocycles. The Morgan fingerprint density at radius 3 is 2.08 bits per heavy atom. The second-order valence-electron chi connectivity index (χ2n) is 12.2. The molecule has 280 valence electrons. The molecule has 0 saturated heterocycles. The lowest BCUT2D eigenvalue weighted by Crippen LogP contribution is -2.59. The van der Waals surface area contributed by atoms with Crippen LogP contribution in [-0.4, -0.2) is 112 Å². The van der Waals surface area contributed by atoms with Gasteiger partial charge in [0.15, 0.2) is 0 Å². The van der Waals surface area contributed by atoms with E-state index in [0.717, 1.165) is 10.9 Å². The first-order chi connectivity index (χ1) is 24.0. The van der Waals surface area contributed by atoms with Crippen LogP contribution in [0.15, 0.2) is 30.5 Å². The number of hydrogen-bond donors (Lipinski definition) is 11. The SMILES string of the molecule is CC(NC(=O)C(CC(N)=O)NC(=O)C(Cc1c[nH]c2ccccc12)NC(=O)C(N)CC(=O)O)C(=O)NC(C(=O)NCC(=O)NCCCO)C(C)C. The Morgan fingerprint density at radius 1 is 0.804 bits per heavy atom. The molecule has 0 radical (unpaired) electrons. The number of aliphatic hydroxyl groups excluding tert-OH is 1. The number of carbonyl (C=O) groups excluding carboxylic acids is 7. The van der Waals surface area contributed by atoms with Crippen LogP contribution in [0, 0.1) is 5.92 Å². The minimum absolute atomic E-state index is 0.117. The lowest BCUT2D eigenvalue weighted by Gasteiger charge is -2.26. The molecule has 1 aromatic heterocycles. The number of H-pyrrole nitrogens is 1. The standard InChI is InChI=1S/C32H47N9O10/c1-16(2)27(32(51)37-15-25(44)35-9-6-10-42)41-28(47)17(3)38-30(49)23(13-24(34)43)40-31(50)22(39-29(48)20(33)12-26(45)46)11-18-14-36-21-8-5-4-7-19(18)21/h4-5,7-8,14,16-17,20,22-23,27,36,42H,6,9-13,15,33H2,1-3H3,(H2,34,43)(H,35,44)(H,37,51)(H,38,49)(H,39,48)(H,40,50)(H,41,47)(H,45,46). The van der Waals surface area contributed by atoms with E-state index in [0.29, 0.717) is 12.0 Å². The number of aromatic nitrogens is 1. The molecule has 0 bridgehead atoms. The summed E-state index contributed by atoms with van der Waals surface area (Å²) in [5.41, 5.74) is 12.4. The van der Waals surface area contributed by atoms with E-state index in [2.05, 4.69) is 36.9 Å². The van der Waals surface area contributed by atoms with E-state index in [-0.39, 0.29) is 26.1 Å². The maximum absolute atomic E-state index is 13.6. The lowest BCUT2D eigenvalue weighted by atomic mass is 10.0. The molecule has 7 amide bonds. The monoisotopic (exact) mass is 717 g/mol. The molecule has 5 unspecified atom stereocenters. The molecule has 51 heavy (non-hydrogen) atoms. The number of aromatic amines is 1. The summed E-state index contributed by atoms with van der Waals surface area (Å²) in [5.74, 6) is -7.62. The van der Waals surface area contributed by atoms with E-state index in [9.17, 15) is 38.4 Å². The van der Waals surface area contributed by atoms with Crippen molar-refractivity contribution >= 4 is 58.2 Å². The van der Waals surface area contributed by atoms with E-state index in [1.165, 1.54) is 6.92 Å². The number of aliphatic hydroxyl groups is 1. The molecule has 0 aliphatic rings. The Bertz CT molecular complexity index is 1580. The van der Waals surface area contributed by atoms with Gasteiger partial charge in [-0.1, -0.05) is 32.0 Å². The normalized spacial score (nSPS) is 13.9. The van der Waals surface area contributed by atoms with Crippen molar-refractivity contribution in [3.63, 3.8) is 0 Å². The molecule has 1 heterocycles. The van der Waals surface area contributed by atoms with Crippen LogP contribution in [0.5, 0.6) is 0 Å². The van der Waals surface area contributed by atoms with E-state index >= 15 is 0 Å². The number of carbonyl (C=O) groups is 8. The van der Waals surface area contributed by atoms with Gasteiger partial charge in [-0.2, -0.15) is 0 Å². The number of rotatable bonds is 21. The molecule has 5 atom stereocenters.